The lowest BCUT2D eigenvalue weighted by molar-refractivity contribution is -0.213. The van der Waals surface area contributed by atoms with Crippen LogP contribution in [0.5, 0.6) is 0 Å². The van der Waals surface area contributed by atoms with E-state index in [1.807, 2.05) is 0 Å². The minimum Gasteiger partial charge on any atom is -0.433 e. The first-order chi connectivity index (χ1) is 15.7. The molecule has 0 saturated carbocycles. The Morgan fingerprint density at radius 1 is 0.667 bits per heavy atom. The summed E-state index contributed by atoms with van der Waals surface area (Å²) in [5, 5.41) is 66.5. The Bertz CT molecular complexity index is 463. The molecule has 0 bridgehead atoms. The van der Waals surface area contributed by atoms with Crippen LogP contribution in [-0.2, 0) is 9.53 Å². The summed E-state index contributed by atoms with van der Waals surface area (Å²) in [4.78, 5) is 11.8. The minimum absolute atomic E-state index is 0.0534. The summed E-state index contributed by atoms with van der Waals surface area (Å²) < 4.78 is 4.66. The highest BCUT2D eigenvalue weighted by Gasteiger charge is 2.35. The van der Waals surface area contributed by atoms with Gasteiger partial charge >= 0.3 is 5.97 Å². The predicted molar refractivity (Wildman–Crippen MR) is 124 cm³/mol. The molecule has 7 N–H and O–H groups in total. The molecule has 0 fully saturated rings. The third-order valence-corrected chi connectivity index (χ3v) is 5.88. The first kappa shape index (κ1) is 32.2. The molecule has 0 aliphatic carbocycles. The van der Waals surface area contributed by atoms with E-state index in [9.17, 15) is 35.4 Å². The summed E-state index contributed by atoms with van der Waals surface area (Å²) in [7, 11) is 0. The standard InChI is InChI=1S/C24H48O9/c1-2-3-4-11-14-18(26)15-12-9-7-5-6-8-10-13-16-20(28)33-24(32)23(31)22(30)21(29)19(27)17-25/h18-19,21-27,29-32H,2-17H2,1H3/t18?,19-,21-,22-,23-,24?/m1/s1. The van der Waals surface area contributed by atoms with Crippen molar-refractivity contribution < 1.29 is 45.3 Å². The lowest BCUT2D eigenvalue weighted by atomic mass is 10.0. The second kappa shape index (κ2) is 20.6. The monoisotopic (exact) mass is 480 g/mol. The molecule has 198 valence electrons. The van der Waals surface area contributed by atoms with E-state index in [0.717, 1.165) is 64.2 Å². The largest absolute Gasteiger partial charge is 0.433 e. The smallest absolute Gasteiger partial charge is 0.308 e. The summed E-state index contributed by atoms with van der Waals surface area (Å²) in [5.41, 5.74) is 0. The second-order valence-electron chi connectivity index (χ2n) is 8.97. The van der Waals surface area contributed by atoms with Crippen LogP contribution in [0, 0.1) is 0 Å². The number of hydrogen-bond acceptors (Lipinski definition) is 9. The fraction of sp³-hybridized carbons (Fsp3) is 0.958. The van der Waals surface area contributed by atoms with Crippen molar-refractivity contribution in [1.82, 2.24) is 0 Å². The summed E-state index contributed by atoms with van der Waals surface area (Å²) >= 11 is 0. The average molecular weight is 481 g/mol. The first-order valence-electron chi connectivity index (χ1n) is 12.6. The Balaban J connectivity index is 3.68. The van der Waals surface area contributed by atoms with Gasteiger partial charge in [0, 0.05) is 6.42 Å². The number of aliphatic hydroxyl groups excluding tert-OH is 7. The average Bonchev–Trinajstić information content (AvgIpc) is 2.80. The normalized spacial score (nSPS) is 17.2. The van der Waals surface area contributed by atoms with Crippen LogP contribution in [0.1, 0.15) is 103 Å². The molecule has 0 aliphatic rings. The Labute approximate surface area is 198 Å². The van der Waals surface area contributed by atoms with Crippen molar-refractivity contribution >= 4 is 5.97 Å². The van der Waals surface area contributed by atoms with E-state index >= 15 is 0 Å². The lowest BCUT2D eigenvalue weighted by Gasteiger charge is -2.28. The molecule has 0 spiro atoms. The van der Waals surface area contributed by atoms with E-state index in [1.165, 1.54) is 19.3 Å². The number of unbranched alkanes of at least 4 members (excludes halogenated alkanes) is 10. The van der Waals surface area contributed by atoms with Gasteiger partial charge in [-0.25, -0.2) is 0 Å². The zero-order valence-electron chi connectivity index (χ0n) is 20.2. The van der Waals surface area contributed by atoms with Gasteiger partial charge in [-0.3, -0.25) is 4.79 Å². The molecule has 0 aromatic carbocycles. The highest BCUT2D eigenvalue weighted by atomic mass is 16.6. The molecule has 0 amide bonds. The Morgan fingerprint density at radius 3 is 1.67 bits per heavy atom. The van der Waals surface area contributed by atoms with Gasteiger partial charge in [-0.05, 0) is 19.3 Å². The van der Waals surface area contributed by atoms with E-state index < -0.39 is 43.3 Å². The van der Waals surface area contributed by atoms with Crippen LogP contribution in [0.15, 0.2) is 0 Å². The molecule has 0 aromatic rings. The van der Waals surface area contributed by atoms with Gasteiger partial charge in [0.25, 0.3) is 0 Å². The van der Waals surface area contributed by atoms with E-state index in [0.29, 0.717) is 6.42 Å². The zero-order chi connectivity index (χ0) is 25.1. The van der Waals surface area contributed by atoms with Gasteiger partial charge in [0.15, 0.2) is 0 Å². The molecule has 33 heavy (non-hydrogen) atoms. The van der Waals surface area contributed by atoms with Crippen molar-refractivity contribution in [1.29, 1.82) is 0 Å². The van der Waals surface area contributed by atoms with Crippen LogP contribution < -0.4 is 0 Å². The van der Waals surface area contributed by atoms with Crippen LogP contribution in [0.4, 0.5) is 0 Å². The van der Waals surface area contributed by atoms with Gasteiger partial charge in [-0.15, -0.1) is 0 Å². The SMILES string of the molecule is CCCCCCC(O)CCCCCCCCCCC(=O)OC(O)[C@H](O)[C@H](O)[C@H](O)[C@H](O)CO. The maximum absolute atomic E-state index is 11.8. The van der Waals surface area contributed by atoms with E-state index in [1.54, 1.807) is 0 Å². The molecule has 2 unspecified atom stereocenters. The molecule has 0 saturated heterocycles. The van der Waals surface area contributed by atoms with Crippen LogP contribution in [0.3, 0.4) is 0 Å². The minimum atomic E-state index is -2.05. The summed E-state index contributed by atoms with van der Waals surface area (Å²) in [6.45, 7) is 1.34. The summed E-state index contributed by atoms with van der Waals surface area (Å²) in [6.07, 6.45) is 4.63. The molecule has 0 heterocycles. The van der Waals surface area contributed by atoms with Gasteiger partial charge in [-0.1, -0.05) is 77.6 Å². The molecule has 9 heteroatoms. The number of ether oxygens (including phenoxy) is 1. The van der Waals surface area contributed by atoms with E-state index in [-0.39, 0.29) is 12.5 Å². The molecule has 0 rings (SSSR count). The Kier molecular flexibility index (Phi) is 20.0. The van der Waals surface area contributed by atoms with Crippen LogP contribution in [-0.4, -0.2) is 85.1 Å². The Hall–Kier alpha value is -0.810. The van der Waals surface area contributed by atoms with Crippen LogP contribution >= 0.6 is 0 Å². The van der Waals surface area contributed by atoms with Crippen LogP contribution in [0.2, 0.25) is 0 Å². The topological polar surface area (TPSA) is 168 Å². The molecule has 9 nitrogen and oxygen atoms in total. The number of rotatable bonds is 22. The second-order valence-corrected chi connectivity index (χ2v) is 8.97. The Morgan fingerprint density at radius 2 is 1.15 bits per heavy atom. The highest BCUT2D eigenvalue weighted by molar-refractivity contribution is 5.69. The van der Waals surface area contributed by atoms with Crippen molar-refractivity contribution in [3.05, 3.63) is 0 Å². The maximum Gasteiger partial charge on any atom is 0.308 e. The molecule has 6 atom stereocenters. The summed E-state index contributed by atoms with van der Waals surface area (Å²) in [6, 6.07) is 0. The van der Waals surface area contributed by atoms with Crippen molar-refractivity contribution in [2.45, 2.75) is 140 Å². The number of carbonyl (C=O) groups excluding carboxylic acids is 1. The number of aliphatic hydroxyl groups is 7. The third kappa shape index (κ3) is 16.5. The zero-order valence-corrected chi connectivity index (χ0v) is 20.2. The van der Waals surface area contributed by atoms with Crippen molar-refractivity contribution in [3.63, 3.8) is 0 Å². The maximum atomic E-state index is 11.8. The molecular weight excluding hydrogens is 432 g/mol. The van der Waals surface area contributed by atoms with Crippen molar-refractivity contribution in [2.24, 2.45) is 0 Å². The van der Waals surface area contributed by atoms with Gasteiger partial charge in [0.05, 0.1) is 12.7 Å². The first-order valence-corrected chi connectivity index (χ1v) is 12.6. The fourth-order valence-electron chi connectivity index (χ4n) is 3.63. The number of carbonyl (C=O) groups is 1. The van der Waals surface area contributed by atoms with Crippen molar-refractivity contribution in [2.75, 3.05) is 6.61 Å². The number of esters is 1. The lowest BCUT2D eigenvalue weighted by Crippen LogP contribution is -2.50. The van der Waals surface area contributed by atoms with Gasteiger partial charge < -0.3 is 40.5 Å². The van der Waals surface area contributed by atoms with Gasteiger partial charge in [-0.2, -0.15) is 0 Å². The van der Waals surface area contributed by atoms with Crippen molar-refractivity contribution in [3.8, 4) is 0 Å². The van der Waals surface area contributed by atoms with E-state index in [4.69, 9.17) is 5.11 Å². The summed E-state index contributed by atoms with van der Waals surface area (Å²) in [5.74, 6) is -0.737. The van der Waals surface area contributed by atoms with Gasteiger partial charge in [0.1, 0.15) is 24.4 Å². The molecule has 0 aromatic heterocycles. The number of hydrogen-bond donors (Lipinski definition) is 7. The molecule has 0 radical (unpaired) electrons. The predicted octanol–water partition coefficient (Wildman–Crippen LogP) is 1.52. The molecular formula is C24H48O9. The van der Waals surface area contributed by atoms with Crippen LogP contribution in [0.25, 0.3) is 0 Å². The van der Waals surface area contributed by atoms with Gasteiger partial charge in [0.2, 0.25) is 6.29 Å². The van der Waals surface area contributed by atoms with E-state index in [2.05, 4.69) is 11.7 Å². The highest BCUT2D eigenvalue weighted by Crippen LogP contribution is 2.15. The quantitative estimate of drug-likeness (QED) is 0.0690. The third-order valence-electron chi connectivity index (χ3n) is 5.88. The molecule has 0 aliphatic heterocycles. The fourth-order valence-corrected chi connectivity index (χ4v) is 3.63.